The fourth-order valence-corrected chi connectivity index (χ4v) is 1.61. The number of carboxylic acid groups (broad SMARTS) is 1. The third-order valence-electron chi connectivity index (χ3n) is 2.25. The van der Waals surface area contributed by atoms with E-state index in [1.807, 2.05) is 0 Å². The van der Waals surface area contributed by atoms with E-state index in [4.69, 9.17) is 5.11 Å². The molecule has 0 atom stereocenters. The summed E-state index contributed by atoms with van der Waals surface area (Å²) < 4.78 is 0. The number of rotatable bonds is 2. The summed E-state index contributed by atoms with van der Waals surface area (Å²) in [5, 5.41) is 12.8. The van der Waals surface area contributed by atoms with Gasteiger partial charge in [-0.1, -0.05) is 24.3 Å². The number of nitrogens with one attached hydrogen (secondary N) is 1. The summed E-state index contributed by atoms with van der Waals surface area (Å²) in [5.41, 5.74) is -0.0631. The van der Waals surface area contributed by atoms with E-state index in [1.54, 1.807) is 30.3 Å². The first-order valence-corrected chi connectivity index (χ1v) is 4.98. The number of amides is 1. The van der Waals surface area contributed by atoms with Gasteiger partial charge in [0.05, 0.1) is 0 Å². The molecule has 0 aliphatic rings. The number of aromatic nitrogens is 1. The molecule has 0 aliphatic heterocycles. The summed E-state index contributed by atoms with van der Waals surface area (Å²) in [6, 6.07) is 8.64. The highest BCUT2D eigenvalue weighted by Gasteiger charge is 2.12. The fourth-order valence-electron chi connectivity index (χ4n) is 1.61. The normalized spacial score (nSPS) is 10.2. The van der Waals surface area contributed by atoms with Gasteiger partial charge < -0.3 is 10.4 Å². The number of fused-ring (bicyclic) bond motifs is 1. The standard InChI is InChI=1S/C12H10N2O3/c1-7(15)13-10-6-8-4-2-3-5-9(8)11(14-10)12(16)17/h2-6H,1H3,(H,16,17)(H,13,14,15). The molecule has 0 unspecified atom stereocenters. The maximum Gasteiger partial charge on any atom is 0.355 e. The van der Waals surface area contributed by atoms with Crippen molar-refractivity contribution in [3.63, 3.8) is 0 Å². The molecular formula is C12H10N2O3. The van der Waals surface area contributed by atoms with Crippen molar-refractivity contribution in [2.45, 2.75) is 6.92 Å². The van der Waals surface area contributed by atoms with Crippen molar-refractivity contribution in [2.24, 2.45) is 0 Å². The lowest BCUT2D eigenvalue weighted by atomic mass is 10.1. The molecule has 2 rings (SSSR count). The van der Waals surface area contributed by atoms with Crippen LogP contribution >= 0.6 is 0 Å². The number of benzene rings is 1. The Labute approximate surface area is 97.1 Å². The number of anilines is 1. The second-order valence-electron chi connectivity index (χ2n) is 3.56. The molecule has 1 amide bonds. The highest BCUT2D eigenvalue weighted by Crippen LogP contribution is 2.20. The molecule has 2 aromatic rings. The molecule has 0 saturated carbocycles. The summed E-state index contributed by atoms with van der Waals surface area (Å²) in [5.74, 6) is -1.16. The maximum absolute atomic E-state index is 11.1. The van der Waals surface area contributed by atoms with Crippen LogP contribution in [0.15, 0.2) is 30.3 Å². The topological polar surface area (TPSA) is 79.3 Å². The Bertz CT molecular complexity index is 608. The van der Waals surface area contributed by atoms with E-state index in [2.05, 4.69) is 10.3 Å². The number of nitrogens with zero attached hydrogens (tertiary/aromatic N) is 1. The molecule has 5 heteroatoms. The van der Waals surface area contributed by atoms with Gasteiger partial charge >= 0.3 is 5.97 Å². The lowest BCUT2D eigenvalue weighted by molar-refractivity contribution is -0.114. The van der Waals surface area contributed by atoms with Crippen LogP contribution in [0.5, 0.6) is 0 Å². The van der Waals surface area contributed by atoms with E-state index in [0.29, 0.717) is 5.39 Å². The van der Waals surface area contributed by atoms with Gasteiger partial charge in [-0.15, -0.1) is 0 Å². The predicted molar refractivity (Wildman–Crippen MR) is 63.0 cm³/mol. The lowest BCUT2D eigenvalue weighted by Gasteiger charge is -2.06. The minimum Gasteiger partial charge on any atom is -0.476 e. The number of carboxylic acids is 1. The Morgan fingerprint density at radius 1 is 1.29 bits per heavy atom. The first kappa shape index (κ1) is 11.1. The zero-order valence-electron chi connectivity index (χ0n) is 9.10. The van der Waals surface area contributed by atoms with Gasteiger partial charge in [-0.2, -0.15) is 0 Å². The molecule has 1 aromatic carbocycles. The summed E-state index contributed by atoms with van der Waals surface area (Å²) in [4.78, 5) is 25.9. The molecule has 0 saturated heterocycles. The van der Waals surface area contributed by atoms with Crippen LogP contribution in [0.1, 0.15) is 17.4 Å². The summed E-state index contributed by atoms with van der Waals surface area (Å²) in [6.45, 7) is 1.34. The van der Waals surface area contributed by atoms with Crippen molar-refractivity contribution in [3.8, 4) is 0 Å². The minimum atomic E-state index is -1.12. The zero-order chi connectivity index (χ0) is 12.4. The lowest BCUT2D eigenvalue weighted by Crippen LogP contribution is -2.10. The maximum atomic E-state index is 11.1. The highest BCUT2D eigenvalue weighted by atomic mass is 16.4. The average molecular weight is 230 g/mol. The van der Waals surface area contributed by atoms with Crippen LogP contribution in [-0.2, 0) is 4.79 Å². The summed E-state index contributed by atoms with van der Waals surface area (Å²) in [6.07, 6.45) is 0. The van der Waals surface area contributed by atoms with Gasteiger partial charge in [-0.25, -0.2) is 9.78 Å². The van der Waals surface area contributed by atoms with E-state index in [1.165, 1.54) is 6.92 Å². The van der Waals surface area contributed by atoms with Gasteiger partial charge in [0, 0.05) is 12.3 Å². The van der Waals surface area contributed by atoms with Crippen LogP contribution < -0.4 is 5.32 Å². The molecule has 86 valence electrons. The number of pyridine rings is 1. The molecule has 2 N–H and O–H groups in total. The zero-order valence-corrected chi connectivity index (χ0v) is 9.10. The molecule has 17 heavy (non-hydrogen) atoms. The largest absolute Gasteiger partial charge is 0.476 e. The number of hydrogen-bond donors (Lipinski definition) is 2. The average Bonchev–Trinajstić information content (AvgIpc) is 2.27. The van der Waals surface area contributed by atoms with Crippen LogP contribution in [0.25, 0.3) is 10.8 Å². The van der Waals surface area contributed by atoms with Crippen molar-refractivity contribution < 1.29 is 14.7 Å². The third kappa shape index (κ3) is 2.23. The fraction of sp³-hybridized carbons (Fsp3) is 0.0833. The Hall–Kier alpha value is -2.43. The SMILES string of the molecule is CC(=O)Nc1cc2ccccc2c(C(=O)O)n1. The number of carbonyl (C=O) groups excluding carboxylic acids is 1. The Morgan fingerprint density at radius 2 is 2.00 bits per heavy atom. The van der Waals surface area contributed by atoms with Gasteiger partial charge in [-0.3, -0.25) is 4.79 Å². The second-order valence-corrected chi connectivity index (χ2v) is 3.56. The Kier molecular flexibility index (Phi) is 2.74. The third-order valence-corrected chi connectivity index (χ3v) is 2.25. The molecule has 0 spiro atoms. The van der Waals surface area contributed by atoms with Gasteiger partial charge in [0.15, 0.2) is 5.69 Å². The molecule has 1 aromatic heterocycles. The highest BCUT2D eigenvalue weighted by molar-refractivity contribution is 6.03. The van der Waals surface area contributed by atoms with Crippen LogP contribution in [0.2, 0.25) is 0 Å². The van der Waals surface area contributed by atoms with Crippen molar-refractivity contribution in [1.29, 1.82) is 0 Å². The molecule has 0 radical (unpaired) electrons. The van der Waals surface area contributed by atoms with Crippen LogP contribution in [0.3, 0.4) is 0 Å². The van der Waals surface area contributed by atoms with E-state index >= 15 is 0 Å². The quantitative estimate of drug-likeness (QED) is 0.825. The van der Waals surface area contributed by atoms with Crippen LogP contribution in [0, 0.1) is 0 Å². The monoisotopic (exact) mass is 230 g/mol. The predicted octanol–water partition coefficient (Wildman–Crippen LogP) is 1.89. The van der Waals surface area contributed by atoms with Gasteiger partial charge in [0.1, 0.15) is 5.82 Å². The molecular weight excluding hydrogens is 220 g/mol. The Morgan fingerprint density at radius 3 is 2.65 bits per heavy atom. The molecule has 0 fully saturated rings. The van der Waals surface area contributed by atoms with Crippen LogP contribution in [0.4, 0.5) is 5.82 Å². The van der Waals surface area contributed by atoms with Crippen molar-refractivity contribution in [1.82, 2.24) is 4.98 Å². The summed E-state index contributed by atoms with van der Waals surface area (Å²) >= 11 is 0. The first-order chi connectivity index (χ1) is 8.08. The van der Waals surface area contributed by atoms with Gasteiger partial charge in [-0.05, 0) is 11.5 Å². The van der Waals surface area contributed by atoms with E-state index in [-0.39, 0.29) is 17.4 Å². The van der Waals surface area contributed by atoms with E-state index in [0.717, 1.165) is 5.39 Å². The van der Waals surface area contributed by atoms with E-state index in [9.17, 15) is 9.59 Å². The second kappa shape index (κ2) is 4.21. The van der Waals surface area contributed by atoms with Crippen LogP contribution in [-0.4, -0.2) is 22.0 Å². The number of hydrogen-bond acceptors (Lipinski definition) is 3. The summed E-state index contributed by atoms with van der Waals surface area (Å²) in [7, 11) is 0. The van der Waals surface area contributed by atoms with E-state index < -0.39 is 5.97 Å². The molecule has 0 aliphatic carbocycles. The van der Waals surface area contributed by atoms with Gasteiger partial charge in [0.2, 0.25) is 5.91 Å². The molecule has 1 heterocycles. The Balaban J connectivity index is 2.67. The van der Waals surface area contributed by atoms with Crippen molar-refractivity contribution in [3.05, 3.63) is 36.0 Å². The number of aromatic carboxylic acids is 1. The molecule has 5 nitrogen and oxygen atoms in total. The van der Waals surface area contributed by atoms with Crippen molar-refractivity contribution >= 4 is 28.5 Å². The smallest absolute Gasteiger partial charge is 0.355 e. The minimum absolute atomic E-state index is 0.0631. The van der Waals surface area contributed by atoms with Crippen molar-refractivity contribution in [2.75, 3.05) is 5.32 Å². The molecule has 0 bridgehead atoms. The number of carbonyl (C=O) groups is 2. The van der Waals surface area contributed by atoms with Gasteiger partial charge in [0.25, 0.3) is 0 Å². The first-order valence-electron chi connectivity index (χ1n) is 4.98.